The number of anilines is 6. The van der Waals surface area contributed by atoms with Crippen LogP contribution in [0.25, 0.3) is 66.1 Å². The van der Waals surface area contributed by atoms with Gasteiger partial charge in [0.2, 0.25) is 0 Å². The second kappa shape index (κ2) is 16.5. The molecule has 0 bridgehead atoms. The summed E-state index contributed by atoms with van der Waals surface area (Å²) in [5, 5.41) is 4.84. The fraction of sp³-hybridized carbons (Fsp3) is 0.0145. The maximum absolute atomic E-state index is 2.55. The minimum atomic E-state index is -0.610. The predicted octanol–water partition coefficient (Wildman–Crippen LogP) is 18.6. The summed E-state index contributed by atoms with van der Waals surface area (Å²) in [7, 11) is 0. The maximum Gasteiger partial charge on any atom is 0.0726 e. The molecule has 12 aromatic carbocycles. The van der Waals surface area contributed by atoms with Crippen LogP contribution in [0.3, 0.4) is 0 Å². The number of fused-ring (bicyclic) bond motifs is 13. The molecule has 14 rings (SSSR count). The third kappa shape index (κ3) is 6.28. The van der Waals surface area contributed by atoms with E-state index in [9.17, 15) is 0 Å². The molecular weight excluding hydrogens is 857 g/mol. The van der Waals surface area contributed by atoms with Crippen molar-refractivity contribution in [3.63, 3.8) is 0 Å². The first-order valence-corrected chi connectivity index (χ1v) is 24.6. The highest BCUT2D eigenvalue weighted by Crippen LogP contribution is 2.65. The van der Waals surface area contributed by atoms with E-state index in [1.807, 2.05) is 0 Å². The molecule has 0 atom stereocenters. The molecule has 2 aliphatic rings. The van der Waals surface area contributed by atoms with Gasteiger partial charge >= 0.3 is 0 Å². The largest absolute Gasteiger partial charge is 0.310 e. The normalized spacial score (nSPS) is 12.6. The van der Waals surface area contributed by atoms with Crippen LogP contribution in [0, 0.1) is 0 Å². The van der Waals surface area contributed by atoms with Crippen LogP contribution < -0.4 is 9.80 Å². The summed E-state index contributed by atoms with van der Waals surface area (Å²) in [5.74, 6) is 0. The van der Waals surface area contributed by atoms with E-state index in [2.05, 4.69) is 289 Å². The Bertz CT molecular complexity index is 3950. The third-order valence-corrected chi connectivity index (χ3v) is 15.0. The van der Waals surface area contributed by atoms with E-state index >= 15 is 0 Å². The van der Waals surface area contributed by atoms with E-state index in [0.717, 1.165) is 34.1 Å². The Morgan fingerprint density at radius 3 is 1.30 bits per heavy atom. The maximum atomic E-state index is 2.55. The van der Waals surface area contributed by atoms with Gasteiger partial charge in [-0.1, -0.05) is 212 Å². The molecule has 2 aliphatic carbocycles. The van der Waals surface area contributed by atoms with Crippen LogP contribution in [0.1, 0.15) is 22.3 Å². The molecular formula is C69H46N2. The van der Waals surface area contributed by atoms with Gasteiger partial charge in [0.05, 0.1) is 22.5 Å². The zero-order valence-electron chi connectivity index (χ0n) is 39.0. The summed E-state index contributed by atoms with van der Waals surface area (Å²) >= 11 is 0. The van der Waals surface area contributed by atoms with E-state index in [1.54, 1.807) is 0 Å². The predicted molar refractivity (Wildman–Crippen MR) is 298 cm³/mol. The van der Waals surface area contributed by atoms with Crippen LogP contribution >= 0.6 is 0 Å². The van der Waals surface area contributed by atoms with Gasteiger partial charge < -0.3 is 9.80 Å². The minimum absolute atomic E-state index is 0.610. The van der Waals surface area contributed by atoms with Crippen molar-refractivity contribution >= 4 is 55.7 Å². The summed E-state index contributed by atoms with van der Waals surface area (Å²) in [4.78, 5) is 4.92. The molecule has 2 heteroatoms. The number of rotatable bonds is 8. The summed E-state index contributed by atoms with van der Waals surface area (Å²) in [6, 6.07) is 103. The summed E-state index contributed by atoms with van der Waals surface area (Å²) < 4.78 is 0. The van der Waals surface area contributed by atoms with Crippen molar-refractivity contribution in [2.75, 3.05) is 9.80 Å². The molecule has 0 fully saturated rings. The average molecular weight is 903 g/mol. The van der Waals surface area contributed by atoms with Gasteiger partial charge in [-0.3, -0.25) is 0 Å². The smallest absolute Gasteiger partial charge is 0.0726 e. The monoisotopic (exact) mass is 902 g/mol. The van der Waals surface area contributed by atoms with Gasteiger partial charge in [0.15, 0.2) is 0 Å². The molecule has 12 aromatic rings. The number of para-hydroxylation sites is 4. The molecule has 1 spiro atoms. The van der Waals surface area contributed by atoms with Gasteiger partial charge in [0, 0.05) is 33.6 Å². The lowest BCUT2D eigenvalue weighted by molar-refractivity contribution is 0.795. The van der Waals surface area contributed by atoms with E-state index in [-0.39, 0.29) is 0 Å². The molecule has 71 heavy (non-hydrogen) atoms. The van der Waals surface area contributed by atoms with Crippen molar-refractivity contribution < 1.29 is 0 Å². The SMILES string of the molecule is c1ccc(-c2ccccc2N(c2ccccc2)c2ccc3cc4c(cc3c2)C2(c3ccccc3-c3ccccc32)c2cc(N(c3ccccc3)c3ccccc3-c3ccccc3)c3ccccc3c2-4)cc1. The fourth-order valence-corrected chi connectivity index (χ4v) is 12.1. The number of benzene rings is 12. The lowest BCUT2D eigenvalue weighted by atomic mass is 9.70. The highest BCUT2D eigenvalue weighted by molar-refractivity contribution is 6.14. The Balaban J connectivity index is 1.06. The van der Waals surface area contributed by atoms with E-state index in [1.165, 1.54) is 88.3 Å². The van der Waals surface area contributed by atoms with Crippen molar-refractivity contribution in [1.29, 1.82) is 0 Å². The second-order valence-corrected chi connectivity index (χ2v) is 18.7. The third-order valence-electron chi connectivity index (χ3n) is 15.0. The van der Waals surface area contributed by atoms with E-state index < -0.39 is 5.41 Å². The molecule has 0 unspecified atom stereocenters. The second-order valence-electron chi connectivity index (χ2n) is 18.7. The lowest BCUT2D eigenvalue weighted by Crippen LogP contribution is -2.26. The minimum Gasteiger partial charge on any atom is -0.310 e. The van der Waals surface area contributed by atoms with Crippen LogP contribution in [0.2, 0.25) is 0 Å². The van der Waals surface area contributed by atoms with Crippen LogP contribution in [-0.2, 0) is 5.41 Å². The van der Waals surface area contributed by atoms with E-state index in [4.69, 9.17) is 0 Å². The van der Waals surface area contributed by atoms with Gasteiger partial charge in [-0.05, 0) is 139 Å². The van der Waals surface area contributed by atoms with Crippen molar-refractivity contribution in [3.8, 4) is 44.5 Å². The molecule has 0 aromatic heterocycles. The molecule has 0 heterocycles. The zero-order valence-corrected chi connectivity index (χ0v) is 39.0. The summed E-state index contributed by atoms with van der Waals surface area (Å²) in [6.07, 6.45) is 0. The Labute approximate surface area is 414 Å². The Morgan fingerprint density at radius 1 is 0.239 bits per heavy atom. The molecule has 0 saturated carbocycles. The van der Waals surface area contributed by atoms with Crippen molar-refractivity contribution in [2.45, 2.75) is 5.41 Å². The highest BCUT2D eigenvalue weighted by atomic mass is 15.2. The van der Waals surface area contributed by atoms with Crippen LogP contribution in [0.5, 0.6) is 0 Å². The Hall–Kier alpha value is -9.24. The Morgan fingerprint density at radius 2 is 0.704 bits per heavy atom. The van der Waals surface area contributed by atoms with Gasteiger partial charge in [-0.15, -0.1) is 0 Å². The van der Waals surface area contributed by atoms with Gasteiger partial charge in [-0.25, -0.2) is 0 Å². The number of nitrogens with zero attached hydrogens (tertiary/aromatic N) is 2. The molecule has 0 aliphatic heterocycles. The molecule has 0 saturated heterocycles. The number of hydrogen-bond acceptors (Lipinski definition) is 2. The first-order chi connectivity index (χ1) is 35.3. The van der Waals surface area contributed by atoms with Crippen molar-refractivity contribution in [2.24, 2.45) is 0 Å². The van der Waals surface area contributed by atoms with Crippen LogP contribution in [-0.4, -0.2) is 0 Å². The van der Waals surface area contributed by atoms with Gasteiger partial charge in [-0.2, -0.15) is 0 Å². The van der Waals surface area contributed by atoms with Crippen molar-refractivity contribution in [3.05, 3.63) is 301 Å². The van der Waals surface area contributed by atoms with Gasteiger partial charge in [0.25, 0.3) is 0 Å². The topological polar surface area (TPSA) is 6.48 Å². The molecule has 2 nitrogen and oxygen atoms in total. The average Bonchev–Trinajstić information content (AvgIpc) is 3.92. The van der Waals surface area contributed by atoms with Crippen LogP contribution in [0.4, 0.5) is 34.1 Å². The van der Waals surface area contributed by atoms with Gasteiger partial charge in [0.1, 0.15) is 0 Å². The first-order valence-electron chi connectivity index (χ1n) is 24.6. The Kier molecular flexibility index (Phi) is 9.47. The standard InChI is InChI=1S/C69H46N2/c1-5-23-47(24-6-1)54-31-17-21-39-65(54)70(51-27-9-3-10-28-51)53-42-41-49-44-60-63(45-50(49)43-53)69(61-37-19-15-33-56(61)57-34-16-20-38-62(57)69)64-46-67(58-35-13-14-36-59(58)68(60)64)71(52-29-11-4-12-30-52)66-40-22-18-32-55(66)48-25-7-2-8-26-48/h1-46H. The molecule has 332 valence electrons. The van der Waals surface area contributed by atoms with Crippen LogP contribution in [0.15, 0.2) is 279 Å². The molecule has 0 amide bonds. The summed E-state index contributed by atoms with van der Waals surface area (Å²) in [6.45, 7) is 0. The molecule has 0 radical (unpaired) electrons. The quantitative estimate of drug-likeness (QED) is 0.150. The van der Waals surface area contributed by atoms with Crippen molar-refractivity contribution in [1.82, 2.24) is 0 Å². The fourth-order valence-electron chi connectivity index (χ4n) is 12.1. The first kappa shape index (κ1) is 40.8. The van der Waals surface area contributed by atoms with E-state index in [0.29, 0.717) is 0 Å². The molecule has 0 N–H and O–H groups in total. The lowest BCUT2D eigenvalue weighted by Gasteiger charge is -2.33. The zero-order chi connectivity index (χ0) is 46.9. The number of hydrogen-bond donors (Lipinski definition) is 0. The highest BCUT2D eigenvalue weighted by Gasteiger charge is 2.52. The summed E-state index contributed by atoms with van der Waals surface area (Å²) in [5.41, 5.74) is 21.2.